The van der Waals surface area contributed by atoms with Gasteiger partial charge >= 0.3 is 0 Å². The zero-order valence-electron chi connectivity index (χ0n) is 11.6. The van der Waals surface area contributed by atoms with Crippen LogP contribution in [0.2, 0.25) is 0 Å². The maximum Gasteiger partial charge on any atom is 0.106 e. The summed E-state index contributed by atoms with van der Waals surface area (Å²) < 4.78 is 0. The maximum absolute atomic E-state index is 10.2. The zero-order valence-corrected chi connectivity index (χ0v) is 11.6. The molecule has 3 heteroatoms. The lowest BCUT2D eigenvalue weighted by molar-refractivity contribution is -0.0460. The first-order valence-corrected chi connectivity index (χ1v) is 6.69. The van der Waals surface area contributed by atoms with Crippen LogP contribution in [0, 0.1) is 11.8 Å². The SMILES string of the molecule is C=C1CCC(C(C)C)C=CC(C)(O)C(O)CC1O. The van der Waals surface area contributed by atoms with Gasteiger partial charge < -0.3 is 15.3 Å². The predicted octanol–water partition coefficient (Wildman–Crippen LogP) is 2.03. The van der Waals surface area contributed by atoms with E-state index in [9.17, 15) is 15.3 Å². The van der Waals surface area contributed by atoms with Gasteiger partial charge in [-0.25, -0.2) is 0 Å². The molecule has 0 amide bonds. The van der Waals surface area contributed by atoms with Crippen LogP contribution in [-0.2, 0) is 0 Å². The molecule has 18 heavy (non-hydrogen) atoms. The lowest BCUT2D eigenvalue weighted by Crippen LogP contribution is -2.40. The number of hydrogen-bond acceptors (Lipinski definition) is 3. The maximum atomic E-state index is 10.2. The Morgan fingerprint density at radius 2 is 2.00 bits per heavy atom. The van der Waals surface area contributed by atoms with Gasteiger partial charge in [0.05, 0.1) is 12.2 Å². The molecule has 104 valence electrons. The summed E-state index contributed by atoms with van der Waals surface area (Å²) in [5, 5.41) is 30.1. The normalized spacial score (nSPS) is 39.1. The summed E-state index contributed by atoms with van der Waals surface area (Å²) in [7, 11) is 0. The third kappa shape index (κ3) is 3.94. The summed E-state index contributed by atoms with van der Waals surface area (Å²) in [6.07, 6.45) is 3.72. The molecule has 0 aliphatic heterocycles. The molecule has 0 aromatic heterocycles. The highest BCUT2D eigenvalue weighted by Crippen LogP contribution is 2.28. The fourth-order valence-electron chi connectivity index (χ4n) is 2.22. The third-order valence-electron chi connectivity index (χ3n) is 3.93. The summed E-state index contributed by atoms with van der Waals surface area (Å²) in [4.78, 5) is 0. The summed E-state index contributed by atoms with van der Waals surface area (Å²) in [6, 6.07) is 0. The van der Waals surface area contributed by atoms with Crippen molar-refractivity contribution in [1.29, 1.82) is 0 Å². The van der Waals surface area contributed by atoms with Gasteiger partial charge in [0.2, 0.25) is 0 Å². The highest BCUT2D eigenvalue weighted by atomic mass is 16.3. The van der Waals surface area contributed by atoms with E-state index in [2.05, 4.69) is 20.4 Å². The predicted molar refractivity (Wildman–Crippen MR) is 73.1 cm³/mol. The van der Waals surface area contributed by atoms with Gasteiger partial charge in [-0.05, 0) is 37.2 Å². The Kier molecular flexibility index (Phi) is 5.14. The molecule has 4 atom stereocenters. The van der Waals surface area contributed by atoms with Crippen LogP contribution < -0.4 is 0 Å². The van der Waals surface area contributed by atoms with E-state index >= 15 is 0 Å². The topological polar surface area (TPSA) is 60.7 Å². The Morgan fingerprint density at radius 3 is 2.56 bits per heavy atom. The molecule has 0 heterocycles. The highest BCUT2D eigenvalue weighted by molar-refractivity contribution is 5.11. The molecule has 0 saturated heterocycles. The van der Waals surface area contributed by atoms with E-state index in [-0.39, 0.29) is 6.42 Å². The summed E-state index contributed by atoms with van der Waals surface area (Å²) in [6.45, 7) is 9.71. The number of allylic oxidation sites excluding steroid dienone is 1. The molecule has 0 fully saturated rings. The van der Waals surface area contributed by atoms with Crippen molar-refractivity contribution in [1.82, 2.24) is 0 Å². The van der Waals surface area contributed by atoms with Gasteiger partial charge in [-0.1, -0.05) is 32.6 Å². The summed E-state index contributed by atoms with van der Waals surface area (Å²) >= 11 is 0. The minimum atomic E-state index is -1.30. The third-order valence-corrected chi connectivity index (χ3v) is 3.93. The van der Waals surface area contributed by atoms with E-state index in [1.54, 1.807) is 13.0 Å². The van der Waals surface area contributed by atoms with Crippen molar-refractivity contribution in [2.24, 2.45) is 11.8 Å². The summed E-state index contributed by atoms with van der Waals surface area (Å²) in [5.74, 6) is 0.782. The van der Waals surface area contributed by atoms with E-state index in [1.807, 2.05) is 6.08 Å². The van der Waals surface area contributed by atoms with E-state index in [4.69, 9.17) is 0 Å². The van der Waals surface area contributed by atoms with Gasteiger partial charge in [-0.3, -0.25) is 0 Å². The molecule has 3 N–H and O–H groups in total. The van der Waals surface area contributed by atoms with Crippen LogP contribution in [0.15, 0.2) is 24.3 Å². The molecule has 1 rings (SSSR count). The molecule has 0 bridgehead atoms. The summed E-state index contributed by atoms with van der Waals surface area (Å²) in [5.41, 5.74) is -0.558. The number of rotatable bonds is 1. The first-order chi connectivity index (χ1) is 8.24. The molecule has 3 nitrogen and oxygen atoms in total. The first kappa shape index (κ1) is 15.4. The van der Waals surface area contributed by atoms with E-state index in [1.165, 1.54) is 0 Å². The molecule has 4 unspecified atom stereocenters. The van der Waals surface area contributed by atoms with Crippen molar-refractivity contribution in [3.05, 3.63) is 24.3 Å². The molecular formula is C15H26O3. The minimum Gasteiger partial charge on any atom is -0.390 e. The first-order valence-electron chi connectivity index (χ1n) is 6.69. The Bertz CT molecular complexity index is 318. The van der Waals surface area contributed by atoms with Crippen LogP contribution in [-0.4, -0.2) is 33.1 Å². The van der Waals surface area contributed by atoms with Crippen molar-refractivity contribution in [3.8, 4) is 0 Å². The van der Waals surface area contributed by atoms with Crippen molar-refractivity contribution >= 4 is 0 Å². The van der Waals surface area contributed by atoms with Crippen molar-refractivity contribution in [2.45, 2.75) is 57.8 Å². The quantitative estimate of drug-likeness (QED) is 0.627. The minimum absolute atomic E-state index is 0.127. The highest BCUT2D eigenvalue weighted by Gasteiger charge is 2.31. The lowest BCUT2D eigenvalue weighted by Gasteiger charge is -2.31. The van der Waals surface area contributed by atoms with Crippen molar-refractivity contribution in [2.75, 3.05) is 0 Å². The standard InChI is InChI=1S/C15H26O3/c1-10(2)12-6-5-11(3)13(16)9-14(17)15(4,18)8-7-12/h7-8,10,12-14,16-18H,3,5-6,9H2,1-2,4H3. The molecule has 0 saturated carbocycles. The van der Waals surface area contributed by atoms with Crippen LogP contribution in [0.4, 0.5) is 0 Å². The number of aliphatic hydroxyl groups excluding tert-OH is 2. The molecule has 0 spiro atoms. The van der Waals surface area contributed by atoms with Crippen LogP contribution in [0.3, 0.4) is 0 Å². The molecule has 0 aromatic rings. The molecular weight excluding hydrogens is 228 g/mol. The molecule has 1 aliphatic carbocycles. The van der Waals surface area contributed by atoms with Gasteiger partial charge in [0.25, 0.3) is 0 Å². The van der Waals surface area contributed by atoms with Crippen molar-refractivity contribution in [3.63, 3.8) is 0 Å². The Labute approximate surface area is 110 Å². The van der Waals surface area contributed by atoms with Crippen molar-refractivity contribution < 1.29 is 15.3 Å². The van der Waals surface area contributed by atoms with Gasteiger partial charge in [0.1, 0.15) is 5.60 Å². The van der Waals surface area contributed by atoms with Crippen LogP contribution >= 0.6 is 0 Å². The second-order valence-electron chi connectivity index (χ2n) is 5.96. The Balaban J connectivity index is 2.96. The van der Waals surface area contributed by atoms with Crippen LogP contribution in [0.5, 0.6) is 0 Å². The monoisotopic (exact) mass is 254 g/mol. The van der Waals surface area contributed by atoms with Crippen LogP contribution in [0.1, 0.15) is 40.0 Å². The largest absolute Gasteiger partial charge is 0.390 e. The van der Waals surface area contributed by atoms with Crippen LogP contribution in [0.25, 0.3) is 0 Å². The zero-order chi connectivity index (χ0) is 13.9. The molecule has 1 aliphatic rings. The Hall–Kier alpha value is -0.640. The average Bonchev–Trinajstić information content (AvgIpc) is 2.26. The van der Waals surface area contributed by atoms with E-state index < -0.39 is 17.8 Å². The van der Waals surface area contributed by atoms with Gasteiger partial charge in [0.15, 0.2) is 0 Å². The van der Waals surface area contributed by atoms with Gasteiger partial charge in [0, 0.05) is 6.42 Å². The second kappa shape index (κ2) is 6.00. The molecule has 0 aromatic carbocycles. The second-order valence-corrected chi connectivity index (χ2v) is 5.96. The Morgan fingerprint density at radius 1 is 1.39 bits per heavy atom. The number of aliphatic hydroxyl groups is 3. The van der Waals surface area contributed by atoms with E-state index in [0.717, 1.165) is 18.4 Å². The smallest absolute Gasteiger partial charge is 0.106 e. The fraction of sp³-hybridized carbons (Fsp3) is 0.733. The number of hydrogen-bond donors (Lipinski definition) is 3. The molecule has 0 radical (unpaired) electrons. The average molecular weight is 254 g/mol. The van der Waals surface area contributed by atoms with E-state index in [0.29, 0.717) is 11.8 Å². The van der Waals surface area contributed by atoms with Gasteiger partial charge in [-0.2, -0.15) is 0 Å². The van der Waals surface area contributed by atoms with Gasteiger partial charge in [-0.15, -0.1) is 0 Å². The fourth-order valence-corrected chi connectivity index (χ4v) is 2.22. The lowest BCUT2D eigenvalue weighted by atomic mass is 9.83.